The molecule has 2 atom stereocenters. The fourth-order valence-corrected chi connectivity index (χ4v) is 4.32. The molecule has 2 heterocycles. The summed E-state index contributed by atoms with van der Waals surface area (Å²) in [7, 11) is 1.41. The first-order chi connectivity index (χ1) is 20.3. The number of nitrogens with zero attached hydrogens (tertiary/aromatic N) is 2. The topological polar surface area (TPSA) is 87.2 Å². The van der Waals surface area contributed by atoms with Crippen molar-refractivity contribution in [1.29, 1.82) is 0 Å². The highest BCUT2D eigenvalue weighted by atomic mass is 19.1. The quantitative estimate of drug-likeness (QED) is 0.234. The molecule has 0 N–H and O–H groups in total. The lowest BCUT2D eigenvalue weighted by atomic mass is 10.00. The molecule has 0 aliphatic carbocycles. The minimum absolute atomic E-state index is 0. The molecule has 0 radical (unpaired) electrons. The Balaban J connectivity index is 0.00000316. The Morgan fingerprint density at radius 3 is 2.30 bits per heavy atom. The van der Waals surface area contributed by atoms with Gasteiger partial charge in [0.2, 0.25) is 0 Å². The van der Waals surface area contributed by atoms with Gasteiger partial charge in [0.05, 0.1) is 26.4 Å². The van der Waals surface area contributed by atoms with E-state index < -0.39 is 35.5 Å². The number of amides is 1. The summed E-state index contributed by atoms with van der Waals surface area (Å²) in [6.45, 7) is 13.6. The summed E-state index contributed by atoms with van der Waals surface area (Å²) in [5.41, 5.74) is 1.38. The first kappa shape index (κ1) is 38.7. The van der Waals surface area contributed by atoms with Crippen LogP contribution in [0.25, 0.3) is 5.57 Å². The molecule has 246 valence electrons. The van der Waals surface area contributed by atoms with E-state index in [0.29, 0.717) is 25.5 Å². The molecule has 1 aromatic heterocycles. The number of rotatable bonds is 12. The summed E-state index contributed by atoms with van der Waals surface area (Å²) in [5.74, 6) is -0.735. The van der Waals surface area contributed by atoms with Crippen molar-refractivity contribution in [3.63, 3.8) is 0 Å². The van der Waals surface area contributed by atoms with Gasteiger partial charge in [-0.2, -0.15) is 0 Å². The van der Waals surface area contributed by atoms with Crippen LogP contribution in [0.15, 0.2) is 54.7 Å². The van der Waals surface area contributed by atoms with Crippen molar-refractivity contribution in [3.8, 4) is 0 Å². The van der Waals surface area contributed by atoms with Gasteiger partial charge in [-0.25, -0.2) is 14.0 Å². The molecule has 1 amide bonds. The van der Waals surface area contributed by atoms with Crippen LogP contribution in [0, 0.1) is 0 Å². The maximum Gasteiger partial charge on any atom is 0.410 e. The zero-order valence-electron chi connectivity index (χ0n) is 27.4. The number of halogens is 2. The molecule has 0 saturated heterocycles. The summed E-state index contributed by atoms with van der Waals surface area (Å²) >= 11 is 0. The predicted molar refractivity (Wildman–Crippen MR) is 169 cm³/mol. The molecule has 3 rings (SSSR count). The van der Waals surface area contributed by atoms with E-state index in [4.69, 9.17) is 18.9 Å². The molecular weight excluding hydrogens is 570 g/mol. The van der Waals surface area contributed by atoms with Gasteiger partial charge in [0.1, 0.15) is 23.4 Å². The van der Waals surface area contributed by atoms with E-state index in [-0.39, 0.29) is 24.2 Å². The van der Waals surface area contributed by atoms with Crippen LogP contribution in [0.1, 0.15) is 78.1 Å². The number of carbonyl (C=O) groups is 2. The van der Waals surface area contributed by atoms with Crippen molar-refractivity contribution in [1.82, 2.24) is 9.88 Å². The molecule has 0 fully saturated rings. The van der Waals surface area contributed by atoms with Crippen LogP contribution in [-0.4, -0.2) is 72.2 Å². The highest BCUT2D eigenvalue weighted by molar-refractivity contribution is 5.81. The van der Waals surface area contributed by atoms with Gasteiger partial charge in [-0.1, -0.05) is 56.3 Å². The molecule has 1 aliphatic rings. The van der Waals surface area contributed by atoms with Gasteiger partial charge in [0.25, 0.3) is 0 Å². The van der Waals surface area contributed by atoms with Crippen molar-refractivity contribution in [2.24, 2.45) is 0 Å². The van der Waals surface area contributed by atoms with Gasteiger partial charge >= 0.3 is 12.1 Å². The minimum Gasteiger partial charge on any atom is -0.458 e. The Morgan fingerprint density at radius 2 is 1.75 bits per heavy atom. The first-order valence-corrected chi connectivity index (χ1v) is 15.0. The van der Waals surface area contributed by atoms with E-state index in [1.165, 1.54) is 26.5 Å². The number of likely N-dealkylation sites (N-methyl/N-ethyl adjacent to an activating group) is 1. The molecule has 0 saturated carbocycles. The average molecular weight is 621 g/mol. The summed E-state index contributed by atoms with van der Waals surface area (Å²) in [6, 6.07) is 12.4. The van der Waals surface area contributed by atoms with Crippen LogP contribution in [0.4, 0.5) is 13.9 Å². The zero-order chi connectivity index (χ0) is 32.0. The van der Waals surface area contributed by atoms with Crippen molar-refractivity contribution in [2.45, 2.75) is 97.8 Å². The predicted octanol–water partition coefficient (Wildman–Crippen LogP) is 7.11. The fourth-order valence-electron chi connectivity index (χ4n) is 4.32. The van der Waals surface area contributed by atoms with Gasteiger partial charge in [-0.15, -0.1) is 0 Å². The lowest BCUT2D eigenvalue weighted by Gasteiger charge is -2.32. The maximum atomic E-state index is 14.8. The van der Waals surface area contributed by atoms with Gasteiger partial charge in [0, 0.05) is 31.8 Å². The van der Waals surface area contributed by atoms with E-state index in [2.05, 4.69) is 11.1 Å². The maximum absolute atomic E-state index is 14.8. The van der Waals surface area contributed by atoms with Crippen LogP contribution in [0.3, 0.4) is 0 Å². The number of hydrogen-bond donors (Lipinski definition) is 0. The molecule has 0 unspecified atom stereocenters. The lowest BCUT2D eigenvalue weighted by Crippen LogP contribution is -2.49. The third-order valence-corrected chi connectivity index (χ3v) is 6.39. The molecule has 0 spiro atoms. The average Bonchev–Trinajstić information content (AvgIpc) is 2.96. The third-order valence-electron chi connectivity index (χ3n) is 6.39. The highest BCUT2D eigenvalue weighted by Gasteiger charge is 2.37. The number of esters is 1. The molecule has 44 heavy (non-hydrogen) atoms. The van der Waals surface area contributed by atoms with Crippen LogP contribution in [-0.2, 0) is 36.8 Å². The number of hydrogen-bond acceptors (Lipinski definition) is 7. The normalized spacial score (nSPS) is 14.5. The number of benzene rings is 1. The monoisotopic (exact) mass is 620 g/mol. The molecule has 1 aromatic carbocycles. The summed E-state index contributed by atoms with van der Waals surface area (Å²) in [6.07, 6.45) is 3.25. The standard InChI is InChI=1S/C32H43FN2O6.C2H6.FH/c1-31(2,3)41-30(37)35(6)28(19-32(4,5)33)29(36)40-27(22-39-21-23-10-8-7-9-11-23)18-26-13-12-25(20-34-26)24-14-16-38-17-15-24;1-2;/h7-14,20,27-28H,15-19,21-22H2,1-6H3;1-2H3;1H/t27-,28+;;/m1../s1. The number of alkyl halides is 1. The van der Waals surface area contributed by atoms with E-state index >= 15 is 0 Å². The Hall–Kier alpha value is -3.37. The number of ether oxygens (including phenoxy) is 4. The third kappa shape index (κ3) is 13.9. The summed E-state index contributed by atoms with van der Waals surface area (Å²) in [5, 5.41) is 0. The van der Waals surface area contributed by atoms with Crippen LogP contribution < -0.4 is 0 Å². The lowest BCUT2D eigenvalue weighted by molar-refractivity contribution is -0.159. The molecule has 8 nitrogen and oxygen atoms in total. The van der Waals surface area contributed by atoms with Crippen LogP contribution in [0.2, 0.25) is 0 Å². The Bertz CT molecular complexity index is 1160. The Morgan fingerprint density at radius 1 is 1.07 bits per heavy atom. The second-order valence-electron chi connectivity index (χ2n) is 11.9. The molecule has 2 aromatic rings. The summed E-state index contributed by atoms with van der Waals surface area (Å²) in [4.78, 5) is 32.0. The largest absolute Gasteiger partial charge is 0.458 e. The first-order valence-electron chi connectivity index (χ1n) is 15.0. The zero-order valence-corrected chi connectivity index (χ0v) is 27.4. The van der Waals surface area contributed by atoms with Gasteiger partial charge in [0.15, 0.2) is 0 Å². The molecular formula is C34H50F2N2O6. The number of carbonyl (C=O) groups excluding carboxylic acids is 2. The molecule has 1 aliphatic heterocycles. The van der Waals surface area contributed by atoms with E-state index in [0.717, 1.165) is 22.4 Å². The smallest absolute Gasteiger partial charge is 0.410 e. The van der Waals surface area contributed by atoms with Crippen molar-refractivity contribution in [3.05, 3.63) is 71.6 Å². The van der Waals surface area contributed by atoms with Gasteiger partial charge in [-0.05, 0) is 63.8 Å². The van der Waals surface area contributed by atoms with Crippen molar-refractivity contribution < 1.29 is 37.6 Å². The van der Waals surface area contributed by atoms with Gasteiger partial charge in [-0.3, -0.25) is 14.6 Å². The fraction of sp³-hybridized carbons (Fsp3) is 0.559. The summed E-state index contributed by atoms with van der Waals surface area (Å²) < 4.78 is 37.4. The Kier molecular flexibility index (Phi) is 16.2. The van der Waals surface area contributed by atoms with Crippen LogP contribution in [0.5, 0.6) is 0 Å². The second kappa shape index (κ2) is 18.4. The Labute approximate surface area is 261 Å². The highest BCUT2D eigenvalue weighted by Crippen LogP contribution is 2.24. The van der Waals surface area contributed by atoms with E-state index in [1.54, 1.807) is 27.0 Å². The SMILES string of the molecule is CC.CN(C(=O)OC(C)(C)C)[C@@H](CC(C)(C)F)C(=O)O[C@@H](COCc1ccccc1)Cc1ccc(C2=CCOCC2)cn1.F. The van der Waals surface area contributed by atoms with Crippen LogP contribution >= 0.6 is 0 Å². The van der Waals surface area contributed by atoms with Crippen molar-refractivity contribution in [2.75, 3.05) is 26.9 Å². The minimum atomic E-state index is -1.74. The second-order valence-corrected chi connectivity index (χ2v) is 11.9. The van der Waals surface area contributed by atoms with E-state index in [1.807, 2.05) is 56.3 Å². The number of pyridine rings is 1. The van der Waals surface area contributed by atoms with E-state index in [9.17, 15) is 14.0 Å². The number of aromatic nitrogens is 1. The molecule has 0 bridgehead atoms. The molecule has 10 heteroatoms. The van der Waals surface area contributed by atoms with Crippen molar-refractivity contribution >= 4 is 17.6 Å². The van der Waals surface area contributed by atoms with Gasteiger partial charge < -0.3 is 18.9 Å².